The molecule has 0 aliphatic carbocycles. The molecule has 10 nitrogen and oxygen atoms in total. The second-order valence-electron chi connectivity index (χ2n) is 11.3. The molecule has 1 fully saturated rings. The highest BCUT2D eigenvalue weighted by Gasteiger charge is 2.44. The highest BCUT2D eigenvalue weighted by atomic mass is 32.1. The van der Waals surface area contributed by atoms with Crippen molar-refractivity contribution in [1.29, 1.82) is 0 Å². The number of esters is 1. The molecule has 0 saturated carbocycles. The number of nitrogens with one attached hydrogen (secondary N) is 2. The number of benzene rings is 1. The minimum absolute atomic E-state index is 0.00100. The largest absolute Gasteiger partial charge is 0.469 e. The van der Waals surface area contributed by atoms with Crippen molar-refractivity contribution in [1.82, 2.24) is 20.5 Å². The lowest BCUT2D eigenvalue weighted by Crippen LogP contribution is -2.57. The summed E-state index contributed by atoms with van der Waals surface area (Å²) in [5, 5.41) is 16.2. The zero-order chi connectivity index (χ0) is 29.6. The van der Waals surface area contributed by atoms with Crippen molar-refractivity contribution in [3.05, 3.63) is 41.0 Å². The van der Waals surface area contributed by atoms with E-state index in [1.54, 1.807) is 11.3 Å². The molecule has 0 unspecified atom stereocenters. The fourth-order valence-corrected chi connectivity index (χ4v) is 5.56. The van der Waals surface area contributed by atoms with Gasteiger partial charge in [0.05, 0.1) is 35.3 Å². The molecule has 1 aromatic heterocycles. The first-order chi connectivity index (χ1) is 18.8. The molecule has 3 amide bonds. The zero-order valence-electron chi connectivity index (χ0n) is 24.0. The monoisotopic (exact) mass is 572 g/mol. The van der Waals surface area contributed by atoms with Crippen LogP contribution in [0.15, 0.2) is 29.8 Å². The highest BCUT2D eigenvalue weighted by Crippen LogP contribution is 2.29. The van der Waals surface area contributed by atoms with Gasteiger partial charge in [-0.25, -0.2) is 4.98 Å². The Morgan fingerprint density at radius 3 is 2.40 bits per heavy atom. The number of β-amino-alcohol motifs (C(OH)–C–C–N with tert-alkyl or cyclic N) is 1. The summed E-state index contributed by atoms with van der Waals surface area (Å²) >= 11 is 1.57. The molecule has 3 rings (SSSR count). The van der Waals surface area contributed by atoms with Crippen molar-refractivity contribution < 1.29 is 29.0 Å². The van der Waals surface area contributed by atoms with Crippen LogP contribution in [-0.2, 0) is 23.9 Å². The van der Waals surface area contributed by atoms with Crippen molar-refractivity contribution in [2.24, 2.45) is 5.41 Å². The lowest BCUT2D eigenvalue weighted by Gasteiger charge is -2.35. The molecular formula is C29H40N4O6S. The quantitative estimate of drug-likeness (QED) is 0.372. The molecule has 0 spiro atoms. The zero-order valence-corrected chi connectivity index (χ0v) is 24.8. The molecule has 4 atom stereocenters. The van der Waals surface area contributed by atoms with Gasteiger partial charge >= 0.3 is 5.97 Å². The summed E-state index contributed by atoms with van der Waals surface area (Å²) in [6, 6.07) is 5.79. The Morgan fingerprint density at radius 1 is 1.15 bits per heavy atom. The van der Waals surface area contributed by atoms with Gasteiger partial charge in [0.1, 0.15) is 12.1 Å². The van der Waals surface area contributed by atoms with Crippen LogP contribution in [0.3, 0.4) is 0 Å². The van der Waals surface area contributed by atoms with E-state index in [1.807, 2.05) is 64.4 Å². The number of hydrogen-bond acceptors (Lipinski definition) is 8. The number of carbonyl (C=O) groups is 4. The van der Waals surface area contributed by atoms with E-state index in [-0.39, 0.29) is 43.7 Å². The van der Waals surface area contributed by atoms with Gasteiger partial charge in [0.25, 0.3) is 0 Å². The van der Waals surface area contributed by atoms with Crippen LogP contribution in [0, 0.1) is 12.3 Å². The first-order valence-corrected chi connectivity index (χ1v) is 14.3. The second-order valence-corrected chi connectivity index (χ2v) is 12.2. The molecule has 3 N–H and O–H groups in total. The lowest BCUT2D eigenvalue weighted by atomic mass is 9.85. The van der Waals surface area contributed by atoms with Crippen LogP contribution in [0.5, 0.6) is 0 Å². The van der Waals surface area contributed by atoms with E-state index in [0.29, 0.717) is 6.42 Å². The van der Waals surface area contributed by atoms with Crippen molar-refractivity contribution >= 4 is 35.0 Å². The van der Waals surface area contributed by atoms with Gasteiger partial charge in [-0.05, 0) is 36.8 Å². The number of methoxy groups -OCH3 is 1. The van der Waals surface area contributed by atoms with Gasteiger partial charge in [-0.3, -0.25) is 19.2 Å². The van der Waals surface area contributed by atoms with E-state index >= 15 is 0 Å². The third-order valence-corrected chi connectivity index (χ3v) is 8.05. The predicted octanol–water partition coefficient (Wildman–Crippen LogP) is 3.13. The number of hydrogen-bond donors (Lipinski definition) is 3. The van der Waals surface area contributed by atoms with Gasteiger partial charge in [0.15, 0.2) is 0 Å². The molecule has 1 aliphatic heterocycles. The standard InChI is InChI=1S/C29H40N4O6S/c1-17(19-10-12-20(13-11-19)25-18(2)30-16-40-25)31-27(37)22-14-21(34)15-33(22)28(38)26(29(3,4)5)32-23(35)8-7-9-24(36)39-6/h10-13,16-17,21-22,26,34H,7-9,14-15H2,1-6H3,(H,31,37)(H,32,35)/t17-,21+,22-,26+/m0/s1. The molecular weight excluding hydrogens is 532 g/mol. The van der Waals surface area contributed by atoms with E-state index in [0.717, 1.165) is 21.7 Å². The number of likely N-dealkylation sites (tertiary alicyclic amines) is 1. The number of thiazole rings is 1. The summed E-state index contributed by atoms with van der Waals surface area (Å²) in [6.45, 7) is 9.31. The molecule has 2 aromatic rings. The van der Waals surface area contributed by atoms with E-state index < -0.39 is 35.5 Å². The van der Waals surface area contributed by atoms with Gasteiger partial charge in [0, 0.05) is 25.8 Å². The van der Waals surface area contributed by atoms with E-state index in [9.17, 15) is 24.3 Å². The Bertz CT molecular complexity index is 1210. The maximum Gasteiger partial charge on any atom is 0.305 e. The molecule has 1 saturated heterocycles. The van der Waals surface area contributed by atoms with E-state index in [2.05, 4.69) is 20.4 Å². The van der Waals surface area contributed by atoms with Crippen molar-refractivity contribution in [2.45, 2.75) is 84.5 Å². The summed E-state index contributed by atoms with van der Waals surface area (Å²) in [6.07, 6.45) is -0.296. The van der Waals surface area contributed by atoms with Gasteiger partial charge in [-0.1, -0.05) is 45.0 Å². The number of amides is 3. The van der Waals surface area contributed by atoms with Crippen LogP contribution < -0.4 is 10.6 Å². The minimum Gasteiger partial charge on any atom is -0.469 e. The number of aryl methyl sites for hydroxylation is 1. The Labute approximate surface area is 239 Å². The fourth-order valence-electron chi connectivity index (χ4n) is 4.74. The van der Waals surface area contributed by atoms with Crippen molar-refractivity contribution in [3.63, 3.8) is 0 Å². The molecule has 218 valence electrons. The molecule has 40 heavy (non-hydrogen) atoms. The topological polar surface area (TPSA) is 138 Å². The first kappa shape index (κ1) is 31.2. The molecule has 1 aliphatic rings. The van der Waals surface area contributed by atoms with Gasteiger partial charge in [-0.2, -0.15) is 0 Å². The van der Waals surface area contributed by atoms with Crippen LogP contribution in [0.2, 0.25) is 0 Å². The maximum atomic E-state index is 13.7. The second kappa shape index (κ2) is 13.4. The van der Waals surface area contributed by atoms with E-state index in [1.165, 1.54) is 12.0 Å². The Balaban J connectivity index is 1.67. The Morgan fingerprint density at radius 2 is 1.82 bits per heavy atom. The number of rotatable bonds is 10. The number of nitrogens with zero attached hydrogens (tertiary/aromatic N) is 2. The average molecular weight is 573 g/mol. The van der Waals surface area contributed by atoms with Gasteiger partial charge in [-0.15, -0.1) is 11.3 Å². The van der Waals surface area contributed by atoms with Crippen LogP contribution >= 0.6 is 11.3 Å². The number of aromatic nitrogens is 1. The predicted molar refractivity (Wildman–Crippen MR) is 152 cm³/mol. The van der Waals surface area contributed by atoms with Crippen molar-refractivity contribution in [2.75, 3.05) is 13.7 Å². The highest BCUT2D eigenvalue weighted by molar-refractivity contribution is 7.13. The van der Waals surface area contributed by atoms with Crippen LogP contribution in [0.4, 0.5) is 0 Å². The number of ether oxygens (including phenoxy) is 1. The smallest absolute Gasteiger partial charge is 0.305 e. The molecule has 0 radical (unpaired) electrons. The summed E-state index contributed by atoms with van der Waals surface area (Å²) in [4.78, 5) is 57.8. The minimum atomic E-state index is -0.918. The molecule has 0 bridgehead atoms. The van der Waals surface area contributed by atoms with Gasteiger partial charge in [0.2, 0.25) is 17.7 Å². The summed E-state index contributed by atoms with van der Waals surface area (Å²) in [7, 11) is 1.29. The maximum absolute atomic E-state index is 13.7. The SMILES string of the molecule is COC(=O)CCCC(=O)N[C@H](C(=O)N1C[C@H](O)C[C@H]1C(=O)N[C@@H](C)c1ccc(-c2scnc2C)cc1)C(C)(C)C. The fraction of sp³-hybridized carbons (Fsp3) is 0.552. The summed E-state index contributed by atoms with van der Waals surface area (Å²) in [5.74, 6) is -1.57. The van der Waals surface area contributed by atoms with Crippen LogP contribution in [0.1, 0.15) is 70.7 Å². The summed E-state index contributed by atoms with van der Waals surface area (Å²) in [5.41, 5.74) is 4.08. The molecule has 11 heteroatoms. The third kappa shape index (κ3) is 7.88. The number of carbonyl (C=O) groups excluding carboxylic acids is 4. The first-order valence-electron chi connectivity index (χ1n) is 13.5. The van der Waals surface area contributed by atoms with E-state index in [4.69, 9.17) is 0 Å². The molecule has 2 heterocycles. The summed E-state index contributed by atoms with van der Waals surface area (Å²) < 4.78 is 4.60. The van der Waals surface area contributed by atoms with Crippen LogP contribution in [-0.4, -0.2) is 70.5 Å². The normalized spacial score (nSPS) is 18.6. The number of aliphatic hydroxyl groups excluding tert-OH is 1. The lowest BCUT2D eigenvalue weighted by molar-refractivity contribution is -0.144. The van der Waals surface area contributed by atoms with Crippen molar-refractivity contribution in [3.8, 4) is 10.4 Å². The Kier molecular flexibility index (Phi) is 10.4. The average Bonchev–Trinajstić information content (AvgIpc) is 3.51. The third-order valence-electron chi connectivity index (χ3n) is 7.07. The number of aliphatic hydroxyl groups is 1. The molecule has 1 aromatic carbocycles. The Hall–Kier alpha value is -3.31. The van der Waals surface area contributed by atoms with Gasteiger partial charge < -0.3 is 25.4 Å². The van der Waals surface area contributed by atoms with Crippen LogP contribution in [0.25, 0.3) is 10.4 Å².